The van der Waals surface area contributed by atoms with E-state index in [0.29, 0.717) is 0 Å². The normalized spacial score (nSPS) is 10.1. The highest BCUT2D eigenvalue weighted by Crippen LogP contribution is 2.33. The highest BCUT2D eigenvalue weighted by molar-refractivity contribution is 5.87. The van der Waals surface area contributed by atoms with Crippen molar-refractivity contribution in [2.24, 2.45) is 0 Å². The molecule has 0 N–H and O–H groups in total. The van der Waals surface area contributed by atoms with Gasteiger partial charge in [-0.25, -0.2) is 9.97 Å². The van der Waals surface area contributed by atoms with Crippen LogP contribution < -0.4 is 0 Å². The fraction of sp³-hybridized carbons (Fsp3) is 0.111. The third-order valence-corrected chi connectivity index (χ3v) is 6.10. The highest BCUT2D eigenvalue weighted by Gasteiger charge is 2.14. The van der Waals surface area contributed by atoms with E-state index in [4.69, 9.17) is 9.97 Å². The summed E-state index contributed by atoms with van der Waals surface area (Å²) < 4.78 is 0. The molecule has 1 aromatic heterocycles. The highest BCUT2D eigenvalue weighted by atomic mass is 14.8. The minimum Gasteiger partial charge on any atom is -0.244 e. The molecule has 0 fully saturated rings. The molecule has 0 aliphatic heterocycles. The van der Waals surface area contributed by atoms with Crippen molar-refractivity contribution in [2.45, 2.75) is 27.7 Å². The number of para-hydroxylation sites is 2. The maximum Gasteiger partial charge on any atom is 0.0973 e. The third-order valence-electron chi connectivity index (χ3n) is 6.10. The molecule has 5 aromatic carbocycles. The van der Waals surface area contributed by atoms with Gasteiger partial charge in [-0.2, -0.15) is 0 Å². The van der Waals surface area contributed by atoms with E-state index in [2.05, 4.69) is 97.1 Å². The summed E-state index contributed by atoms with van der Waals surface area (Å²) in [5.74, 6) is 0. The number of fused-ring (bicyclic) bond motifs is 1. The molecule has 6 aromatic rings. The lowest BCUT2D eigenvalue weighted by Crippen LogP contribution is -1.95. The minimum atomic E-state index is 0.894. The Balaban J connectivity index is 0.000000804. The summed E-state index contributed by atoms with van der Waals surface area (Å²) in [5, 5.41) is 0. The Morgan fingerprint density at radius 2 is 0.553 bits per heavy atom. The second-order valence-corrected chi connectivity index (χ2v) is 8.30. The topological polar surface area (TPSA) is 25.8 Å². The van der Waals surface area contributed by atoms with E-state index in [1.165, 1.54) is 22.3 Å². The first kappa shape index (κ1) is 26.5. The van der Waals surface area contributed by atoms with Crippen LogP contribution in [0.4, 0.5) is 0 Å². The van der Waals surface area contributed by atoms with Gasteiger partial charge in [-0.05, 0) is 34.4 Å². The summed E-state index contributed by atoms with van der Waals surface area (Å²) >= 11 is 0. The van der Waals surface area contributed by atoms with E-state index in [-0.39, 0.29) is 0 Å². The quantitative estimate of drug-likeness (QED) is 0.243. The van der Waals surface area contributed by atoms with Gasteiger partial charge < -0.3 is 0 Å². The fourth-order valence-electron chi connectivity index (χ4n) is 4.30. The van der Waals surface area contributed by atoms with E-state index >= 15 is 0 Å². The lowest BCUT2D eigenvalue weighted by atomic mass is 9.98. The Labute approximate surface area is 226 Å². The molecular weight excluding hydrogens is 460 g/mol. The maximum absolute atomic E-state index is 5.04. The van der Waals surface area contributed by atoms with Crippen LogP contribution in [-0.2, 0) is 0 Å². The summed E-state index contributed by atoms with van der Waals surface area (Å²) in [7, 11) is 0. The average Bonchev–Trinajstić information content (AvgIpc) is 3.03. The summed E-state index contributed by atoms with van der Waals surface area (Å²) in [6, 6.07) is 46.1. The molecule has 0 aliphatic carbocycles. The Morgan fingerprint density at radius 3 is 0.895 bits per heavy atom. The van der Waals surface area contributed by atoms with Gasteiger partial charge in [0, 0.05) is 11.1 Å². The predicted octanol–water partition coefficient (Wildman–Crippen LogP) is 10.4. The van der Waals surface area contributed by atoms with Crippen molar-refractivity contribution < 1.29 is 0 Å². The van der Waals surface area contributed by atoms with Crippen LogP contribution in [0.2, 0.25) is 0 Å². The van der Waals surface area contributed by atoms with Crippen LogP contribution in [0.15, 0.2) is 133 Å². The molecule has 2 heteroatoms. The largest absolute Gasteiger partial charge is 0.244 e. The predicted molar refractivity (Wildman–Crippen MR) is 164 cm³/mol. The summed E-state index contributed by atoms with van der Waals surface area (Å²) in [6.45, 7) is 8.00. The Morgan fingerprint density at radius 1 is 0.289 bits per heavy atom. The number of rotatable bonds is 4. The first-order valence-corrected chi connectivity index (χ1v) is 13.4. The van der Waals surface area contributed by atoms with Crippen molar-refractivity contribution in [3.8, 4) is 44.8 Å². The van der Waals surface area contributed by atoms with Gasteiger partial charge in [-0.3, -0.25) is 0 Å². The van der Waals surface area contributed by atoms with E-state index in [1.807, 2.05) is 64.1 Å². The fourth-order valence-corrected chi connectivity index (χ4v) is 4.30. The zero-order chi connectivity index (χ0) is 26.7. The van der Waals surface area contributed by atoms with Gasteiger partial charge in [0.2, 0.25) is 0 Å². The van der Waals surface area contributed by atoms with Crippen LogP contribution in [0.1, 0.15) is 27.7 Å². The Kier molecular flexibility index (Phi) is 9.15. The molecule has 1 heterocycles. The first-order valence-electron chi connectivity index (χ1n) is 13.4. The second kappa shape index (κ2) is 13.1. The summed E-state index contributed by atoms with van der Waals surface area (Å²) in [6.07, 6.45) is 0. The lowest BCUT2D eigenvalue weighted by molar-refractivity contribution is 1.29. The van der Waals surface area contributed by atoms with E-state index in [0.717, 1.165) is 33.5 Å². The number of nitrogens with zero attached hydrogens (tertiary/aromatic N) is 2. The lowest BCUT2D eigenvalue weighted by Gasteiger charge is -2.12. The third kappa shape index (κ3) is 5.87. The van der Waals surface area contributed by atoms with Gasteiger partial charge in [0.05, 0.1) is 22.4 Å². The van der Waals surface area contributed by atoms with Crippen molar-refractivity contribution >= 4 is 11.0 Å². The van der Waals surface area contributed by atoms with Crippen LogP contribution in [0, 0.1) is 0 Å². The van der Waals surface area contributed by atoms with Gasteiger partial charge >= 0.3 is 0 Å². The van der Waals surface area contributed by atoms with Crippen molar-refractivity contribution in [1.29, 1.82) is 0 Å². The van der Waals surface area contributed by atoms with Gasteiger partial charge in [0.1, 0.15) is 0 Å². The molecule has 38 heavy (non-hydrogen) atoms. The zero-order valence-corrected chi connectivity index (χ0v) is 22.6. The van der Waals surface area contributed by atoms with E-state index < -0.39 is 0 Å². The zero-order valence-electron chi connectivity index (χ0n) is 22.6. The maximum atomic E-state index is 5.04. The Hall–Kier alpha value is -4.56. The Bertz CT molecular complexity index is 1430. The standard InChI is InChI=1S/C32H22N2.2C2H6/c1-3-9-23(10-4-1)25-15-19-27(20-16-25)31-32(34-30-14-8-7-13-29(30)33-31)28-21-17-26(18-22-28)24-11-5-2-6-12-24;2*1-2/h1-22H;2*1-2H3. The molecule has 0 radical (unpaired) electrons. The van der Waals surface area contributed by atoms with Crippen molar-refractivity contribution in [3.05, 3.63) is 133 Å². The molecule has 188 valence electrons. The van der Waals surface area contributed by atoms with Crippen LogP contribution in [0.25, 0.3) is 55.8 Å². The van der Waals surface area contributed by atoms with Gasteiger partial charge in [0.15, 0.2) is 0 Å². The van der Waals surface area contributed by atoms with E-state index in [1.54, 1.807) is 0 Å². The van der Waals surface area contributed by atoms with Crippen molar-refractivity contribution in [3.63, 3.8) is 0 Å². The second-order valence-electron chi connectivity index (χ2n) is 8.30. The smallest absolute Gasteiger partial charge is 0.0973 e. The van der Waals surface area contributed by atoms with Crippen molar-refractivity contribution in [2.75, 3.05) is 0 Å². The SMILES string of the molecule is CC.CC.c1ccc(-c2ccc(-c3nc4ccccc4nc3-c3ccc(-c4ccccc4)cc3)cc2)cc1. The minimum absolute atomic E-state index is 0.894. The number of hydrogen-bond acceptors (Lipinski definition) is 2. The molecule has 0 atom stereocenters. The molecule has 0 saturated carbocycles. The van der Waals surface area contributed by atoms with Crippen LogP contribution in [0.3, 0.4) is 0 Å². The summed E-state index contributed by atoms with van der Waals surface area (Å²) in [5.41, 5.74) is 10.5. The molecule has 0 spiro atoms. The van der Waals surface area contributed by atoms with Gasteiger partial charge in [-0.15, -0.1) is 0 Å². The average molecular weight is 495 g/mol. The molecule has 0 saturated heterocycles. The van der Waals surface area contributed by atoms with Crippen LogP contribution in [0.5, 0.6) is 0 Å². The first-order chi connectivity index (χ1) is 18.8. The van der Waals surface area contributed by atoms with Crippen LogP contribution in [-0.4, -0.2) is 9.97 Å². The number of hydrogen-bond donors (Lipinski definition) is 0. The van der Waals surface area contributed by atoms with Gasteiger partial charge in [-0.1, -0.05) is 149 Å². The molecule has 0 unspecified atom stereocenters. The van der Waals surface area contributed by atoms with Gasteiger partial charge in [0.25, 0.3) is 0 Å². The number of benzene rings is 5. The van der Waals surface area contributed by atoms with Crippen molar-refractivity contribution in [1.82, 2.24) is 9.97 Å². The molecule has 6 rings (SSSR count). The molecule has 0 bridgehead atoms. The van der Waals surface area contributed by atoms with E-state index in [9.17, 15) is 0 Å². The molecule has 0 amide bonds. The summed E-state index contributed by atoms with van der Waals surface area (Å²) in [4.78, 5) is 10.1. The monoisotopic (exact) mass is 494 g/mol. The van der Waals surface area contributed by atoms with Crippen LogP contribution >= 0.6 is 0 Å². The molecule has 2 nitrogen and oxygen atoms in total. The molecular formula is C36H34N2. The number of aromatic nitrogens is 2. The molecule has 0 aliphatic rings.